The summed E-state index contributed by atoms with van der Waals surface area (Å²) in [5, 5.41) is 5.76. The molecular weight excluding hydrogens is 423 g/mol. The number of hydrogen-bond acceptors (Lipinski definition) is 7. The molecule has 0 bridgehead atoms. The van der Waals surface area contributed by atoms with Crippen LogP contribution in [0.4, 0.5) is 9.59 Å². The van der Waals surface area contributed by atoms with Gasteiger partial charge in [-0.3, -0.25) is 4.99 Å². The summed E-state index contributed by atoms with van der Waals surface area (Å²) in [7, 11) is 1.27. The zero-order valence-electron chi connectivity index (χ0n) is 20.9. The minimum atomic E-state index is -0.613. The summed E-state index contributed by atoms with van der Waals surface area (Å²) < 4.78 is 16.9. The maximum absolute atomic E-state index is 12.9. The molecule has 0 aliphatic carbocycles. The fourth-order valence-electron chi connectivity index (χ4n) is 3.23. The molecule has 1 heterocycles. The Morgan fingerprint density at radius 1 is 1.15 bits per heavy atom. The van der Waals surface area contributed by atoms with Crippen LogP contribution in [0.5, 0.6) is 0 Å². The first-order chi connectivity index (χ1) is 15.4. The van der Waals surface area contributed by atoms with Gasteiger partial charge in [-0.05, 0) is 65.2 Å². The molecule has 0 fully saturated rings. The predicted octanol–water partition coefficient (Wildman–Crippen LogP) is 2.31. The zero-order valence-corrected chi connectivity index (χ0v) is 20.9. The van der Waals surface area contributed by atoms with Crippen LogP contribution in [0.15, 0.2) is 23.2 Å². The molecule has 182 valence electrons. The molecule has 9 nitrogen and oxygen atoms in total. The normalized spacial score (nSPS) is 13.7. The van der Waals surface area contributed by atoms with E-state index >= 15 is 0 Å². The van der Waals surface area contributed by atoms with Gasteiger partial charge in [0.25, 0.3) is 0 Å². The first-order valence-corrected chi connectivity index (χ1v) is 11.3. The van der Waals surface area contributed by atoms with Crippen molar-refractivity contribution < 1.29 is 23.7 Å². The van der Waals surface area contributed by atoms with E-state index in [4.69, 9.17) is 14.1 Å². The van der Waals surface area contributed by atoms with Crippen LogP contribution in [-0.2, 0) is 20.7 Å². The number of nitrogens with zero attached hydrogens (tertiary/aromatic N) is 2. The summed E-state index contributed by atoms with van der Waals surface area (Å²) >= 11 is 0. The molecule has 0 saturated heterocycles. The number of hydrogen-bond donors (Lipinski definition) is 2. The van der Waals surface area contributed by atoms with Crippen molar-refractivity contribution in [3.63, 3.8) is 0 Å². The van der Waals surface area contributed by atoms with Crippen LogP contribution in [-0.4, -0.2) is 74.7 Å². The van der Waals surface area contributed by atoms with Gasteiger partial charge in [0.15, 0.2) is 0 Å². The quantitative estimate of drug-likeness (QED) is 0.351. The van der Waals surface area contributed by atoms with E-state index in [1.165, 1.54) is 0 Å². The molecule has 1 aliphatic heterocycles. The molecule has 10 heteroatoms. The third-order valence-electron chi connectivity index (χ3n) is 4.53. The average molecular weight is 460 g/mol. The molecule has 1 aromatic rings. The summed E-state index contributed by atoms with van der Waals surface area (Å²) in [6, 6.07) is 5.87. The van der Waals surface area contributed by atoms with Gasteiger partial charge in [0.05, 0.1) is 13.2 Å². The Labute approximate surface area is 197 Å². The van der Waals surface area contributed by atoms with Crippen molar-refractivity contribution in [1.82, 2.24) is 15.4 Å². The van der Waals surface area contributed by atoms with Crippen LogP contribution < -0.4 is 16.1 Å². The van der Waals surface area contributed by atoms with Crippen LogP contribution >= 0.6 is 0 Å². The first-order valence-electron chi connectivity index (χ1n) is 11.3. The molecule has 2 N–H and O–H groups in total. The topological polar surface area (TPSA) is 101 Å². The standard InChI is InChI=1S/C23H37BN4O5/c1-22(2,3)32-20(29)27-12-11-26-15-17-9-8-10-18-16-31-24(19(17)18)28(14-13-25-7)21(30)33-23(4,5)6/h8-10,15,25H,11-14,16H2,1-7H3,(H,27,29). The van der Waals surface area contributed by atoms with Gasteiger partial charge in [0.1, 0.15) is 11.2 Å². The smallest absolute Gasteiger partial charge is 0.444 e. The Bertz CT molecular complexity index is 848. The van der Waals surface area contributed by atoms with Gasteiger partial charge in [0.2, 0.25) is 0 Å². The van der Waals surface area contributed by atoms with E-state index in [9.17, 15) is 9.59 Å². The molecule has 0 atom stereocenters. The highest BCUT2D eigenvalue weighted by molar-refractivity contribution is 6.69. The molecule has 33 heavy (non-hydrogen) atoms. The van der Waals surface area contributed by atoms with Crippen LogP contribution in [0.1, 0.15) is 52.7 Å². The second kappa shape index (κ2) is 11.5. The second-order valence-electron chi connectivity index (χ2n) is 9.82. The van der Waals surface area contributed by atoms with Crippen molar-refractivity contribution in [3.8, 4) is 0 Å². The van der Waals surface area contributed by atoms with Gasteiger partial charge in [-0.2, -0.15) is 0 Å². The van der Waals surface area contributed by atoms with E-state index in [1.54, 1.807) is 11.0 Å². The lowest BCUT2D eigenvalue weighted by molar-refractivity contribution is 0.0357. The fourth-order valence-corrected chi connectivity index (χ4v) is 3.23. The number of benzene rings is 1. The van der Waals surface area contributed by atoms with Crippen LogP contribution in [0.2, 0.25) is 0 Å². The average Bonchev–Trinajstić information content (AvgIpc) is 3.10. The fraction of sp³-hybridized carbons (Fsp3) is 0.609. The third-order valence-corrected chi connectivity index (χ3v) is 4.53. The number of ether oxygens (including phenoxy) is 2. The maximum Gasteiger partial charge on any atom is 0.458 e. The van der Waals surface area contributed by atoms with Gasteiger partial charge >= 0.3 is 19.2 Å². The highest BCUT2D eigenvalue weighted by atomic mass is 16.6. The van der Waals surface area contributed by atoms with E-state index in [2.05, 4.69) is 15.6 Å². The summed E-state index contributed by atoms with van der Waals surface area (Å²) in [4.78, 5) is 30.8. The van der Waals surface area contributed by atoms with Crippen LogP contribution in [0, 0.1) is 0 Å². The lowest BCUT2D eigenvalue weighted by atomic mass is 9.69. The van der Waals surface area contributed by atoms with Crippen molar-refractivity contribution >= 4 is 30.9 Å². The number of alkyl carbamates (subject to hydrolysis) is 1. The molecule has 2 rings (SSSR count). The Morgan fingerprint density at radius 3 is 2.48 bits per heavy atom. The Hall–Kier alpha value is -2.59. The number of likely N-dealkylation sites (N-methyl/N-ethyl adjacent to an activating group) is 1. The molecule has 1 aromatic carbocycles. The molecule has 0 spiro atoms. The van der Waals surface area contributed by atoms with Crippen molar-refractivity contribution in [2.24, 2.45) is 4.99 Å². The van der Waals surface area contributed by atoms with E-state index in [-0.39, 0.29) is 0 Å². The highest BCUT2D eigenvalue weighted by Gasteiger charge is 2.40. The SMILES string of the molecule is CNCCN(B1OCc2cccc(C=NCCNC(=O)OC(C)(C)C)c21)C(=O)OC(C)(C)C. The minimum absolute atomic E-state index is 0.354. The number of carbonyl (C=O) groups excluding carboxylic acids is 2. The molecule has 1 aliphatic rings. The van der Waals surface area contributed by atoms with E-state index in [0.717, 1.165) is 16.6 Å². The molecular formula is C23H37BN4O5. The van der Waals surface area contributed by atoms with E-state index < -0.39 is 30.4 Å². The van der Waals surface area contributed by atoms with E-state index in [0.29, 0.717) is 32.8 Å². The minimum Gasteiger partial charge on any atom is -0.444 e. The molecule has 0 unspecified atom stereocenters. The summed E-state index contributed by atoms with van der Waals surface area (Å²) in [6.07, 6.45) is 0.857. The van der Waals surface area contributed by atoms with Crippen LogP contribution in [0.3, 0.4) is 0 Å². The van der Waals surface area contributed by atoms with Crippen LogP contribution in [0.25, 0.3) is 0 Å². The summed E-state index contributed by atoms with van der Waals surface area (Å²) in [5.41, 5.74) is 1.63. The maximum atomic E-state index is 12.9. The third kappa shape index (κ3) is 8.70. The molecule has 2 amide bonds. The van der Waals surface area contributed by atoms with Gasteiger partial charge in [-0.25, -0.2) is 9.59 Å². The Balaban J connectivity index is 2.12. The number of aliphatic imine (C=N–C) groups is 1. The van der Waals surface area contributed by atoms with E-state index in [1.807, 2.05) is 66.8 Å². The molecule has 0 saturated carbocycles. The zero-order chi connectivity index (χ0) is 24.6. The Kier molecular flexibility index (Phi) is 9.30. The van der Waals surface area contributed by atoms with Crippen molar-refractivity contribution in [2.75, 3.05) is 33.2 Å². The molecule has 0 aromatic heterocycles. The van der Waals surface area contributed by atoms with Crippen molar-refractivity contribution in [3.05, 3.63) is 29.3 Å². The number of fused-ring (bicyclic) bond motifs is 1. The predicted molar refractivity (Wildman–Crippen MR) is 130 cm³/mol. The first kappa shape index (κ1) is 26.7. The number of rotatable bonds is 8. The largest absolute Gasteiger partial charge is 0.458 e. The number of amides is 2. The monoisotopic (exact) mass is 460 g/mol. The number of nitrogens with one attached hydrogen (secondary N) is 2. The lowest BCUT2D eigenvalue weighted by Gasteiger charge is -2.30. The van der Waals surface area contributed by atoms with Gasteiger partial charge in [0, 0.05) is 25.8 Å². The van der Waals surface area contributed by atoms with Gasteiger partial charge in [-0.1, -0.05) is 18.2 Å². The lowest BCUT2D eigenvalue weighted by Crippen LogP contribution is -2.54. The summed E-state index contributed by atoms with van der Waals surface area (Å²) in [5.74, 6) is 0. The molecule has 0 radical (unpaired) electrons. The highest BCUT2D eigenvalue weighted by Crippen LogP contribution is 2.18. The van der Waals surface area contributed by atoms with Gasteiger partial charge in [-0.15, -0.1) is 0 Å². The van der Waals surface area contributed by atoms with Crippen molar-refractivity contribution in [2.45, 2.75) is 59.4 Å². The summed E-state index contributed by atoms with van der Waals surface area (Å²) in [6.45, 7) is 13.2. The van der Waals surface area contributed by atoms with Crippen molar-refractivity contribution in [1.29, 1.82) is 0 Å². The second-order valence-corrected chi connectivity index (χ2v) is 9.82. The Morgan fingerprint density at radius 2 is 1.85 bits per heavy atom. The van der Waals surface area contributed by atoms with Gasteiger partial charge < -0.3 is 29.6 Å². The number of carbonyl (C=O) groups is 2.